The molecule has 0 aliphatic rings. The highest BCUT2D eigenvalue weighted by molar-refractivity contribution is 6.33. The molecule has 13 rings (SSSR count). The fourth-order valence-electron chi connectivity index (χ4n) is 10.7. The molecule has 0 bridgehead atoms. The van der Waals surface area contributed by atoms with Crippen LogP contribution in [0.3, 0.4) is 0 Å². The number of hydrogen-bond donors (Lipinski definition) is 0. The first kappa shape index (κ1) is 38.7. The highest BCUT2D eigenvalue weighted by Crippen LogP contribution is 2.51. The van der Waals surface area contributed by atoms with Crippen molar-refractivity contribution in [2.45, 2.75) is 0 Å². The Kier molecular flexibility index (Phi) is 9.25. The van der Waals surface area contributed by atoms with Gasteiger partial charge in [0.25, 0.3) is 0 Å². The molecule has 0 saturated carbocycles. The minimum absolute atomic E-state index is 1.09. The lowest BCUT2D eigenvalue weighted by Gasteiger charge is -2.29. The van der Waals surface area contributed by atoms with E-state index in [0.29, 0.717) is 0 Å². The molecule has 0 radical (unpaired) electrons. The van der Waals surface area contributed by atoms with Crippen molar-refractivity contribution in [3.63, 3.8) is 0 Å². The van der Waals surface area contributed by atoms with E-state index < -0.39 is 0 Å². The van der Waals surface area contributed by atoms with Crippen LogP contribution in [0.1, 0.15) is 0 Å². The zero-order chi connectivity index (χ0) is 44.3. The molecule has 312 valence electrons. The minimum atomic E-state index is 1.09. The third-order valence-corrected chi connectivity index (χ3v) is 13.8. The van der Waals surface area contributed by atoms with E-state index in [-0.39, 0.29) is 0 Å². The lowest BCUT2D eigenvalue weighted by atomic mass is 9.81. The van der Waals surface area contributed by atoms with Crippen molar-refractivity contribution in [3.05, 3.63) is 261 Å². The normalized spacial score (nSPS) is 11.6. The van der Waals surface area contributed by atoms with Crippen molar-refractivity contribution in [2.24, 2.45) is 0 Å². The minimum Gasteiger partial charge on any atom is -0.310 e. The Labute approximate surface area is 390 Å². The summed E-state index contributed by atoms with van der Waals surface area (Å²) < 4.78 is 0. The summed E-state index contributed by atoms with van der Waals surface area (Å²) in [5.41, 5.74) is 13.0. The molecule has 0 atom stereocenters. The molecule has 0 heterocycles. The summed E-state index contributed by atoms with van der Waals surface area (Å²) in [5, 5.41) is 14.8. The van der Waals surface area contributed by atoms with Gasteiger partial charge in [0.2, 0.25) is 0 Å². The van der Waals surface area contributed by atoms with Crippen LogP contribution >= 0.6 is 0 Å². The molecule has 0 aliphatic carbocycles. The lowest BCUT2D eigenvalue weighted by Crippen LogP contribution is -2.11. The van der Waals surface area contributed by atoms with Crippen LogP contribution in [0.15, 0.2) is 261 Å². The second-order valence-corrected chi connectivity index (χ2v) is 17.6. The second-order valence-electron chi connectivity index (χ2n) is 17.6. The van der Waals surface area contributed by atoms with Gasteiger partial charge in [-0.15, -0.1) is 0 Å². The van der Waals surface area contributed by atoms with E-state index in [0.717, 1.165) is 17.1 Å². The summed E-state index contributed by atoms with van der Waals surface area (Å²) in [4.78, 5) is 2.48. The quantitative estimate of drug-likeness (QED) is 0.144. The maximum Gasteiger partial charge on any atom is 0.0546 e. The molecular formula is C66H43N. The summed E-state index contributed by atoms with van der Waals surface area (Å²) >= 11 is 0. The maximum atomic E-state index is 2.48. The van der Waals surface area contributed by atoms with Gasteiger partial charge in [0, 0.05) is 16.8 Å². The first-order valence-electron chi connectivity index (χ1n) is 23.2. The van der Waals surface area contributed by atoms with E-state index in [1.165, 1.54) is 109 Å². The third kappa shape index (κ3) is 6.55. The first-order chi connectivity index (χ1) is 33.2. The van der Waals surface area contributed by atoms with Crippen LogP contribution < -0.4 is 4.90 Å². The van der Waals surface area contributed by atoms with Gasteiger partial charge in [0.1, 0.15) is 0 Å². The number of rotatable bonds is 7. The van der Waals surface area contributed by atoms with E-state index in [9.17, 15) is 0 Å². The van der Waals surface area contributed by atoms with E-state index >= 15 is 0 Å². The fraction of sp³-hybridized carbons (Fsp3) is 0. The van der Waals surface area contributed by atoms with Crippen molar-refractivity contribution < 1.29 is 0 Å². The van der Waals surface area contributed by atoms with Gasteiger partial charge in [-0.05, 0) is 146 Å². The molecule has 0 amide bonds. The summed E-state index contributed by atoms with van der Waals surface area (Å²) in [6, 6.07) is 96.0. The zero-order valence-electron chi connectivity index (χ0n) is 36.8. The Balaban J connectivity index is 1.12. The van der Waals surface area contributed by atoms with Gasteiger partial charge < -0.3 is 4.90 Å². The predicted octanol–water partition coefficient (Wildman–Crippen LogP) is 18.7. The van der Waals surface area contributed by atoms with Gasteiger partial charge >= 0.3 is 0 Å². The lowest BCUT2D eigenvalue weighted by molar-refractivity contribution is 1.31. The largest absolute Gasteiger partial charge is 0.310 e. The molecule has 0 N–H and O–H groups in total. The Bertz CT molecular complexity index is 4010. The summed E-state index contributed by atoms with van der Waals surface area (Å²) in [6.45, 7) is 0. The Morgan fingerprint density at radius 2 is 0.731 bits per heavy atom. The van der Waals surface area contributed by atoms with Crippen LogP contribution in [0, 0.1) is 0 Å². The van der Waals surface area contributed by atoms with Gasteiger partial charge in [-0.2, -0.15) is 0 Å². The summed E-state index contributed by atoms with van der Waals surface area (Å²) in [5.74, 6) is 0. The van der Waals surface area contributed by atoms with Crippen molar-refractivity contribution in [1.29, 1.82) is 0 Å². The third-order valence-electron chi connectivity index (χ3n) is 13.8. The molecule has 0 aromatic heterocycles. The highest BCUT2D eigenvalue weighted by Gasteiger charge is 2.24. The molecule has 0 saturated heterocycles. The number of nitrogens with zero attached hydrogens (tertiary/aromatic N) is 1. The van der Waals surface area contributed by atoms with Gasteiger partial charge in [-0.25, -0.2) is 0 Å². The Morgan fingerprint density at radius 1 is 0.224 bits per heavy atom. The van der Waals surface area contributed by atoms with E-state index in [1.54, 1.807) is 0 Å². The van der Waals surface area contributed by atoms with Gasteiger partial charge in [0.05, 0.1) is 5.69 Å². The summed E-state index contributed by atoms with van der Waals surface area (Å²) in [7, 11) is 0. The Hall–Kier alpha value is -8.78. The highest BCUT2D eigenvalue weighted by atomic mass is 15.1. The standard InChI is InChI=1S/C66H43N/c1-4-19-46(20-5-1)60-43-61(47-21-6-2-7-22-47)65-58-31-17-15-29-56(58)62-42-53(38-39-59(62)66(65)64(60)48-23-8-3-9-24-48)67(63-41-51-26-12-13-27-54(51)55-28-14-16-30-57(55)63)52-36-34-45(35-37-52)50-33-32-44-18-10-11-25-49(44)40-50/h1-43H. The zero-order valence-corrected chi connectivity index (χ0v) is 36.8. The van der Waals surface area contributed by atoms with Gasteiger partial charge in [-0.3, -0.25) is 0 Å². The topological polar surface area (TPSA) is 3.24 Å². The molecule has 13 aromatic carbocycles. The molecular weight excluding hydrogens is 807 g/mol. The van der Waals surface area contributed by atoms with Crippen molar-refractivity contribution in [3.8, 4) is 44.5 Å². The average molecular weight is 850 g/mol. The number of benzene rings is 13. The predicted molar refractivity (Wildman–Crippen MR) is 288 cm³/mol. The SMILES string of the molecule is c1ccc(-c2cc(-c3ccccc3)c3c4ccccc4c4cc(N(c5ccc(-c6ccc7ccccc7c6)cc5)c5cc6ccccc6c6ccccc56)ccc4c3c2-c2ccccc2)cc1. The van der Waals surface area contributed by atoms with Crippen LogP contribution in [0.25, 0.3) is 109 Å². The molecule has 1 nitrogen and oxygen atoms in total. The van der Waals surface area contributed by atoms with Crippen LogP contribution in [0.5, 0.6) is 0 Å². The molecule has 1 heteroatoms. The molecule has 0 aliphatic heterocycles. The van der Waals surface area contributed by atoms with E-state index in [1.807, 2.05) is 0 Å². The van der Waals surface area contributed by atoms with Crippen LogP contribution in [0.2, 0.25) is 0 Å². The van der Waals surface area contributed by atoms with Crippen LogP contribution in [-0.2, 0) is 0 Å². The van der Waals surface area contributed by atoms with Gasteiger partial charge in [0.15, 0.2) is 0 Å². The fourth-order valence-corrected chi connectivity index (χ4v) is 10.7. The van der Waals surface area contributed by atoms with Gasteiger partial charge in [-0.1, -0.05) is 218 Å². The van der Waals surface area contributed by atoms with Crippen molar-refractivity contribution in [2.75, 3.05) is 4.90 Å². The summed E-state index contributed by atoms with van der Waals surface area (Å²) in [6.07, 6.45) is 0. The number of fused-ring (bicyclic) bond motifs is 10. The molecule has 0 unspecified atom stereocenters. The molecule has 67 heavy (non-hydrogen) atoms. The number of anilines is 3. The Morgan fingerprint density at radius 3 is 1.43 bits per heavy atom. The molecule has 0 fully saturated rings. The van der Waals surface area contributed by atoms with Crippen molar-refractivity contribution >= 4 is 81.7 Å². The average Bonchev–Trinajstić information content (AvgIpc) is 3.41. The number of hydrogen-bond acceptors (Lipinski definition) is 1. The van der Waals surface area contributed by atoms with E-state index in [2.05, 4.69) is 266 Å². The monoisotopic (exact) mass is 849 g/mol. The van der Waals surface area contributed by atoms with Crippen LogP contribution in [-0.4, -0.2) is 0 Å². The second kappa shape index (κ2) is 16.0. The smallest absolute Gasteiger partial charge is 0.0546 e. The molecule has 13 aromatic rings. The van der Waals surface area contributed by atoms with Crippen molar-refractivity contribution in [1.82, 2.24) is 0 Å². The first-order valence-corrected chi connectivity index (χ1v) is 23.2. The van der Waals surface area contributed by atoms with Crippen LogP contribution in [0.4, 0.5) is 17.1 Å². The maximum absolute atomic E-state index is 2.48. The molecule has 0 spiro atoms. The van der Waals surface area contributed by atoms with E-state index in [4.69, 9.17) is 0 Å².